The van der Waals surface area contributed by atoms with Gasteiger partial charge in [-0.05, 0) is 6.07 Å². The number of nitrogens with one attached hydrogen (secondary N) is 3. The van der Waals surface area contributed by atoms with Gasteiger partial charge in [0.25, 0.3) is 0 Å². The minimum Gasteiger partial charge on any atom is -0.384 e. The van der Waals surface area contributed by atoms with Gasteiger partial charge in [-0.25, -0.2) is 4.79 Å². The monoisotopic (exact) mass is 215 g/mol. The zero-order valence-corrected chi connectivity index (χ0v) is 8.24. The van der Waals surface area contributed by atoms with Gasteiger partial charge in [0.1, 0.15) is 5.82 Å². The maximum atomic E-state index is 11.2. The largest absolute Gasteiger partial charge is 0.384 e. The van der Waals surface area contributed by atoms with Gasteiger partial charge in [-0.1, -0.05) is 12.1 Å². The van der Waals surface area contributed by atoms with Gasteiger partial charge in [0.15, 0.2) is 0 Å². The first-order valence-electron chi connectivity index (χ1n) is 4.76. The van der Waals surface area contributed by atoms with E-state index in [2.05, 4.69) is 20.2 Å². The number of para-hydroxylation sites is 1. The Morgan fingerprint density at radius 1 is 1.19 bits per heavy atom. The van der Waals surface area contributed by atoms with Crippen molar-refractivity contribution in [1.82, 2.24) is 20.2 Å². The quantitative estimate of drug-likeness (QED) is 0.483. The fourth-order valence-corrected chi connectivity index (χ4v) is 1.79. The average molecular weight is 215 g/mol. The predicted octanol–water partition coefficient (Wildman–Crippen LogP) is 0.828. The van der Waals surface area contributed by atoms with Crippen molar-refractivity contribution in [2.45, 2.75) is 0 Å². The van der Waals surface area contributed by atoms with E-state index in [-0.39, 0.29) is 5.69 Å². The van der Waals surface area contributed by atoms with Crippen LogP contribution in [0.25, 0.3) is 22.2 Å². The fourth-order valence-electron chi connectivity index (χ4n) is 1.79. The number of anilines is 1. The van der Waals surface area contributed by atoms with Crippen molar-refractivity contribution in [3.05, 3.63) is 34.9 Å². The molecule has 0 amide bonds. The Morgan fingerprint density at radius 3 is 2.81 bits per heavy atom. The van der Waals surface area contributed by atoms with Crippen LogP contribution in [0.3, 0.4) is 0 Å². The van der Waals surface area contributed by atoms with Crippen LogP contribution >= 0.6 is 0 Å². The minimum atomic E-state index is -0.232. The van der Waals surface area contributed by atoms with E-state index >= 15 is 0 Å². The summed E-state index contributed by atoms with van der Waals surface area (Å²) in [6.45, 7) is 0. The third kappa shape index (κ3) is 1.13. The van der Waals surface area contributed by atoms with E-state index in [1.807, 2.05) is 18.2 Å². The maximum Gasteiger partial charge on any atom is 0.323 e. The van der Waals surface area contributed by atoms with Crippen LogP contribution in [0, 0.1) is 0 Å². The molecule has 5 N–H and O–H groups in total. The molecule has 0 bridgehead atoms. The molecule has 2 heterocycles. The number of aromatic nitrogens is 4. The molecule has 0 spiro atoms. The molecule has 0 unspecified atom stereocenters. The van der Waals surface area contributed by atoms with Crippen LogP contribution in [-0.4, -0.2) is 20.2 Å². The summed E-state index contributed by atoms with van der Waals surface area (Å²) in [5.74, 6) is 0.481. The van der Waals surface area contributed by atoms with Crippen LogP contribution in [0.1, 0.15) is 0 Å². The Kier molecular flexibility index (Phi) is 1.64. The number of nitrogens with zero attached hydrogens (tertiary/aromatic N) is 1. The fraction of sp³-hybridized carbons (Fsp3) is 0. The van der Waals surface area contributed by atoms with Crippen LogP contribution in [0.15, 0.2) is 29.2 Å². The first-order valence-corrected chi connectivity index (χ1v) is 4.76. The number of hydrogen-bond acceptors (Lipinski definition) is 3. The van der Waals surface area contributed by atoms with E-state index in [0.29, 0.717) is 5.82 Å². The van der Waals surface area contributed by atoms with Gasteiger partial charge in [0, 0.05) is 11.1 Å². The summed E-state index contributed by atoms with van der Waals surface area (Å²) in [5, 5.41) is 6.52. The van der Waals surface area contributed by atoms with E-state index in [1.54, 1.807) is 6.20 Å². The van der Waals surface area contributed by atoms with Crippen molar-refractivity contribution in [2.24, 2.45) is 0 Å². The standard InChI is InChI=1S/C10H9N5O/c11-9-6(4-12-15-9)5-2-1-3-7-8(5)14-10(16)13-7/h1-4H,(H3,11,12,15)(H2,13,14,16). The molecule has 3 aromatic rings. The number of fused-ring (bicyclic) bond motifs is 1. The highest BCUT2D eigenvalue weighted by atomic mass is 16.1. The van der Waals surface area contributed by atoms with E-state index < -0.39 is 0 Å². The molecular weight excluding hydrogens is 206 g/mol. The second kappa shape index (κ2) is 2.99. The summed E-state index contributed by atoms with van der Waals surface area (Å²) >= 11 is 0. The molecule has 0 saturated carbocycles. The molecule has 1 aromatic carbocycles. The van der Waals surface area contributed by atoms with Crippen molar-refractivity contribution in [2.75, 3.05) is 5.73 Å². The molecule has 0 aliphatic carbocycles. The number of imidazole rings is 1. The van der Waals surface area contributed by atoms with Gasteiger partial charge in [-0.3, -0.25) is 5.10 Å². The second-order valence-corrected chi connectivity index (χ2v) is 3.50. The van der Waals surface area contributed by atoms with Crippen molar-refractivity contribution >= 4 is 16.9 Å². The molecule has 6 nitrogen and oxygen atoms in total. The molecule has 0 fully saturated rings. The van der Waals surface area contributed by atoms with Gasteiger partial charge in [-0.2, -0.15) is 5.10 Å². The molecule has 0 aliphatic rings. The predicted molar refractivity (Wildman–Crippen MR) is 60.9 cm³/mol. The van der Waals surface area contributed by atoms with Crippen LogP contribution in [-0.2, 0) is 0 Å². The molecule has 6 heteroatoms. The molecule has 0 radical (unpaired) electrons. The lowest BCUT2D eigenvalue weighted by atomic mass is 10.1. The first kappa shape index (κ1) is 8.78. The first-order chi connectivity index (χ1) is 7.75. The lowest BCUT2D eigenvalue weighted by Crippen LogP contribution is -1.99. The van der Waals surface area contributed by atoms with Gasteiger partial charge in [-0.15, -0.1) is 0 Å². The zero-order chi connectivity index (χ0) is 11.1. The highest BCUT2D eigenvalue weighted by molar-refractivity contribution is 5.94. The SMILES string of the molecule is Nc1[nH]ncc1-c1cccc2[nH]c(=O)[nH]c12. The summed E-state index contributed by atoms with van der Waals surface area (Å²) in [4.78, 5) is 16.7. The number of rotatable bonds is 1. The molecule has 3 rings (SSSR count). The van der Waals surface area contributed by atoms with Crippen molar-refractivity contribution in [3.63, 3.8) is 0 Å². The van der Waals surface area contributed by atoms with Crippen LogP contribution in [0.5, 0.6) is 0 Å². The molecule has 2 aromatic heterocycles. The van der Waals surface area contributed by atoms with Gasteiger partial charge in [0.2, 0.25) is 0 Å². The third-order valence-corrected chi connectivity index (χ3v) is 2.51. The number of hydrogen-bond donors (Lipinski definition) is 4. The highest BCUT2D eigenvalue weighted by Gasteiger charge is 2.10. The van der Waals surface area contributed by atoms with E-state index in [1.165, 1.54) is 0 Å². The summed E-state index contributed by atoms with van der Waals surface area (Å²) < 4.78 is 0. The van der Waals surface area contributed by atoms with E-state index in [0.717, 1.165) is 22.2 Å². The number of nitrogens with two attached hydrogens (primary N) is 1. The molecule has 16 heavy (non-hydrogen) atoms. The van der Waals surface area contributed by atoms with Crippen molar-refractivity contribution in [1.29, 1.82) is 0 Å². The minimum absolute atomic E-state index is 0.232. The summed E-state index contributed by atoms with van der Waals surface area (Å²) in [5.41, 5.74) is 8.64. The molecule has 0 saturated heterocycles. The Balaban J connectivity index is 2.40. The summed E-state index contributed by atoms with van der Waals surface area (Å²) in [7, 11) is 0. The van der Waals surface area contributed by atoms with Gasteiger partial charge in [0.05, 0.1) is 17.2 Å². The Hall–Kier alpha value is -2.50. The van der Waals surface area contributed by atoms with Crippen LogP contribution < -0.4 is 11.4 Å². The number of benzene rings is 1. The number of aromatic amines is 3. The van der Waals surface area contributed by atoms with E-state index in [4.69, 9.17) is 5.73 Å². The number of nitrogen functional groups attached to an aromatic ring is 1. The Morgan fingerprint density at radius 2 is 2.06 bits per heavy atom. The van der Waals surface area contributed by atoms with Gasteiger partial charge < -0.3 is 15.7 Å². The smallest absolute Gasteiger partial charge is 0.323 e. The highest BCUT2D eigenvalue weighted by Crippen LogP contribution is 2.28. The van der Waals surface area contributed by atoms with Crippen molar-refractivity contribution in [3.8, 4) is 11.1 Å². The summed E-state index contributed by atoms with van der Waals surface area (Å²) in [6.07, 6.45) is 1.63. The third-order valence-electron chi connectivity index (χ3n) is 2.51. The second-order valence-electron chi connectivity index (χ2n) is 3.50. The van der Waals surface area contributed by atoms with Crippen LogP contribution in [0.2, 0.25) is 0 Å². The normalized spacial score (nSPS) is 11.0. The van der Waals surface area contributed by atoms with Gasteiger partial charge >= 0.3 is 5.69 Å². The van der Waals surface area contributed by atoms with Crippen LogP contribution in [0.4, 0.5) is 5.82 Å². The van der Waals surface area contributed by atoms with E-state index in [9.17, 15) is 4.79 Å². The lowest BCUT2D eigenvalue weighted by molar-refractivity contribution is 1.10. The topological polar surface area (TPSA) is 103 Å². The maximum absolute atomic E-state index is 11.2. The van der Waals surface area contributed by atoms with Crippen molar-refractivity contribution < 1.29 is 0 Å². The Labute approximate surface area is 89.5 Å². The lowest BCUT2D eigenvalue weighted by Gasteiger charge is -2.00. The Bertz CT molecular complexity index is 705. The molecule has 80 valence electrons. The molecule has 0 aliphatic heterocycles. The zero-order valence-electron chi connectivity index (χ0n) is 8.24. The average Bonchev–Trinajstić information content (AvgIpc) is 2.82. The number of H-pyrrole nitrogens is 3. The molecule has 0 atom stereocenters. The molecular formula is C10H9N5O. The summed E-state index contributed by atoms with van der Waals surface area (Å²) in [6, 6.07) is 5.56.